The number of thiocarbonyl (C=S) groups is 1. The highest BCUT2D eigenvalue weighted by Gasteiger charge is 2.32. The summed E-state index contributed by atoms with van der Waals surface area (Å²) in [5.74, 6) is 1.72. The number of hydrogen-bond donors (Lipinski definition) is 1. The maximum absolute atomic E-state index is 13.1. The third kappa shape index (κ3) is 5.15. The van der Waals surface area contributed by atoms with E-state index in [4.69, 9.17) is 26.4 Å². The maximum Gasteiger partial charge on any atom is 0.281 e. The first-order valence-electron chi connectivity index (χ1n) is 10.5. The molecule has 4 rings (SSSR count). The van der Waals surface area contributed by atoms with Crippen LogP contribution in [0, 0.1) is 0 Å². The van der Waals surface area contributed by atoms with Crippen molar-refractivity contribution in [1.82, 2.24) is 5.32 Å². The molecule has 0 atom stereocenters. The number of nitrogens with one attached hydrogen (secondary N) is 1. The van der Waals surface area contributed by atoms with Gasteiger partial charge in [0.1, 0.15) is 18.1 Å². The number of ether oxygens (including phenoxy) is 3. The minimum absolute atomic E-state index is 0.230. The van der Waals surface area contributed by atoms with Gasteiger partial charge < -0.3 is 19.5 Å². The third-order valence-corrected chi connectivity index (χ3v) is 5.30. The second-order valence-corrected chi connectivity index (χ2v) is 7.63. The molecule has 168 valence electrons. The molecule has 0 unspecified atom stereocenters. The van der Waals surface area contributed by atoms with Gasteiger partial charge >= 0.3 is 0 Å². The number of carbonyl (C=O) groups is 1. The predicted molar refractivity (Wildman–Crippen MR) is 133 cm³/mol. The van der Waals surface area contributed by atoms with E-state index in [1.54, 1.807) is 13.2 Å². The molecule has 0 radical (unpaired) electrons. The number of hydrogen-bond acceptors (Lipinski definition) is 5. The first-order chi connectivity index (χ1) is 16.1. The van der Waals surface area contributed by atoms with Gasteiger partial charge in [-0.3, -0.25) is 9.69 Å². The standard InChI is InChI=1S/C26H24N2O4S/c1-3-31-21-12-10-20(11-13-21)28-25(29)22(27-26(28)33)15-19-9-14-23(30-2)24(16-19)32-17-18-7-5-4-6-8-18/h4-16H,3,17H2,1-2H3,(H,27,33)/b22-15+. The summed E-state index contributed by atoms with van der Waals surface area (Å²) in [6, 6.07) is 22.6. The number of rotatable bonds is 8. The number of nitrogens with zero attached hydrogens (tertiary/aromatic N) is 1. The fourth-order valence-electron chi connectivity index (χ4n) is 3.43. The van der Waals surface area contributed by atoms with Gasteiger partial charge in [-0.1, -0.05) is 36.4 Å². The van der Waals surface area contributed by atoms with E-state index < -0.39 is 0 Å². The summed E-state index contributed by atoms with van der Waals surface area (Å²) >= 11 is 5.42. The molecule has 3 aromatic carbocycles. The lowest BCUT2D eigenvalue weighted by molar-refractivity contribution is -0.113. The monoisotopic (exact) mass is 460 g/mol. The largest absolute Gasteiger partial charge is 0.494 e. The molecular weight excluding hydrogens is 436 g/mol. The normalized spacial score (nSPS) is 14.4. The zero-order valence-electron chi connectivity index (χ0n) is 18.4. The molecule has 1 heterocycles. The quantitative estimate of drug-likeness (QED) is 0.380. The van der Waals surface area contributed by atoms with Crippen molar-refractivity contribution in [3.8, 4) is 17.2 Å². The molecule has 7 heteroatoms. The van der Waals surface area contributed by atoms with Crippen LogP contribution in [0.1, 0.15) is 18.1 Å². The highest BCUT2D eigenvalue weighted by molar-refractivity contribution is 7.80. The van der Waals surface area contributed by atoms with E-state index in [1.165, 1.54) is 4.90 Å². The van der Waals surface area contributed by atoms with Crippen molar-refractivity contribution < 1.29 is 19.0 Å². The molecule has 1 saturated heterocycles. The number of anilines is 1. The molecule has 33 heavy (non-hydrogen) atoms. The van der Waals surface area contributed by atoms with Gasteiger partial charge in [0.05, 0.1) is 19.4 Å². The van der Waals surface area contributed by atoms with Crippen LogP contribution in [0.2, 0.25) is 0 Å². The number of amides is 1. The fraction of sp³-hybridized carbons (Fsp3) is 0.154. The van der Waals surface area contributed by atoms with Gasteiger partial charge in [0.25, 0.3) is 5.91 Å². The van der Waals surface area contributed by atoms with Crippen LogP contribution >= 0.6 is 12.2 Å². The summed E-state index contributed by atoms with van der Waals surface area (Å²) in [5.41, 5.74) is 2.89. The predicted octanol–water partition coefficient (Wildman–Crippen LogP) is 4.94. The first kappa shape index (κ1) is 22.4. The van der Waals surface area contributed by atoms with Crippen molar-refractivity contribution in [2.24, 2.45) is 0 Å². The van der Waals surface area contributed by atoms with E-state index in [2.05, 4.69) is 5.32 Å². The molecular formula is C26H24N2O4S. The summed E-state index contributed by atoms with van der Waals surface area (Å²) in [6.07, 6.45) is 1.75. The van der Waals surface area contributed by atoms with Crippen LogP contribution in [0.15, 0.2) is 78.5 Å². The van der Waals surface area contributed by atoms with Crippen molar-refractivity contribution in [1.29, 1.82) is 0 Å². The average molecular weight is 461 g/mol. The van der Waals surface area contributed by atoms with Crippen LogP contribution in [0.25, 0.3) is 6.08 Å². The van der Waals surface area contributed by atoms with Gasteiger partial charge in [-0.25, -0.2) is 0 Å². The van der Waals surface area contributed by atoms with Gasteiger partial charge in [-0.15, -0.1) is 0 Å². The third-order valence-electron chi connectivity index (χ3n) is 5.02. The van der Waals surface area contributed by atoms with E-state index in [0.717, 1.165) is 16.9 Å². The molecule has 0 bridgehead atoms. The Morgan fingerprint density at radius 1 is 0.970 bits per heavy atom. The molecule has 1 aliphatic rings. The molecule has 1 fully saturated rings. The van der Waals surface area contributed by atoms with Crippen molar-refractivity contribution in [3.05, 3.63) is 89.6 Å². The molecule has 1 N–H and O–H groups in total. The zero-order valence-corrected chi connectivity index (χ0v) is 19.2. The highest BCUT2D eigenvalue weighted by Crippen LogP contribution is 2.31. The van der Waals surface area contributed by atoms with E-state index >= 15 is 0 Å². The Hall–Kier alpha value is -3.84. The van der Waals surface area contributed by atoms with E-state index in [-0.39, 0.29) is 5.91 Å². The number of benzene rings is 3. The summed E-state index contributed by atoms with van der Waals surface area (Å²) < 4.78 is 16.9. The fourth-order valence-corrected chi connectivity index (χ4v) is 3.72. The summed E-state index contributed by atoms with van der Waals surface area (Å²) in [7, 11) is 1.60. The summed E-state index contributed by atoms with van der Waals surface area (Å²) in [6.45, 7) is 2.91. The Morgan fingerprint density at radius 3 is 2.42 bits per heavy atom. The topological polar surface area (TPSA) is 60.0 Å². The van der Waals surface area contributed by atoms with Gasteiger partial charge in [0, 0.05) is 0 Å². The van der Waals surface area contributed by atoms with Gasteiger partial charge in [-0.05, 0) is 72.7 Å². The van der Waals surface area contributed by atoms with Crippen LogP contribution in [-0.2, 0) is 11.4 Å². The Morgan fingerprint density at radius 2 is 1.73 bits per heavy atom. The first-order valence-corrected chi connectivity index (χ1v) is 10.9. The number of carbonyl (C=O) groups excluding carboxylic acids is 1. The smallest absolute Gasteiger partial charge is 0.281 e. The van der Waals surface area contributed by atoms with Gasteiger partial charge in [0.2, 0.25) is 0 Å². The van der Waals surface area contributed by atoms with Crippen LogP contribution in [-0.4, -0.2) is 24.7 Å². The second-order valence-electron chi connectivity index (χ2n) is 7.24. The van der Waals surface area contributed by atoms with E-state index in [0.29, 0.717) is 41.2 Å². The average Bonchev–Trinajstić information content (AvgIpc) is 3.12. The molecule has 0 saturated carbocycles. The Labute approximate surface area is 198 Å². The van der Waals surface area contributed by atoms with Crippen molar-refractivity contribution in [2.75, 3.05) is 18.6 Å². The Balaban J connectivity index is 1.54. The summed E-state index contributed by atoms with van der Waals surface area (Å²) in [4.78, 5) is 14.5. The van der Waals surface area contributed by atoms with Crippen LogP contribution in [0.3, 0.4) is 0 Å². The lowest BCUT2D eigenvalue weighted by Crippen LogP contribution is -2.30. The van der Waals surface area contributed by atoms with Crippen molar-refractivity contribution in [3.63, 3.8) is 0 Å². The van der Waals surface area contributed by atoms with Gasteiger partial charge in [0.15, 0.2) is 16.6 Å². The molecule has 3 aromatic rings. The van der Waals surface area contributed by atoms with Gasteiger partial charge in [-0.2, -0.15) is 0 Å². The van der Waals surface area contributed by atoms with Crippen molar-refractivity contribution >= 4 is 35.0 Å². The van der Waals surface area contributed by atoms with Crippen molar-refractivity contribution in [2.45, 2.75) is 13.5 Å². The van der Waals surface area contributed by atoms with Crippen LogP contribution < -0.4 is 24.4 Å². The summed E-state index contributed by atoms with van der Waals surface area (Å²) in [5, 5.41) is 3.34. The lowest BCUT2D eigenvalue weighted by Gasteiger charge is -2.14. The Kier molecular flexibility index (Phi) is 6.90. The van der Waals surface area contributed by atoms with Crippen LogP contribution in [0.4, 0.5) is 5.69 Å². The molecule has 0 spiro atoms. The Bertz CT molecular complexity index is 1180. The molecule has 0 aromatic heterocycles. The lowest BCUT2D eigenvalue weighted by atomic mass is 10.1. The number of methoxy groups -OCH3 is 1. The molecule has 1 aliphatic heterocycles. The molecule has 6 nitrogen and oxygen atoms in total. The maximum atomic E-state index is 13.1. The zero-order chi connectivity index (χ0) is 23.2. The van der Waals surface area contributed by atoms with E-state index in [9.17, 15) is 4.79 Å². The van der Waals surface area contributed by atoms with E-state index in [1.807, 2.05) is 79.7 Å². The second kappa shape index (κ2) is 10.2. The minimum Gasteiger partial charge on any atom is -0.494 e. The van der Waals surface area contributed by atoms with Crippen LogP contribution in [0.5, 0.6) is 17.2 Å². The highest BCUT2D eigenvalue weighted by atomic mass is 32.1. The SMILES string of the molecule is CCOc1ccc(N2C(=O)/C(=C\c3ccc(OC)c(OCc4ccccc4)c3)NC2=S)cc1. The molecule has 0 aliphatic carbocycles. The molecule has 1 amide bonds. The minimum atomic E-state index is -0.230.